The Bertz CT molecular complexity index is 429. The van der Waals surface area contributed by atoms with Crippen LogP contribution in [0.3, 0.4) is 0 Å². The number of hydrogen-bond acceptors (Lipinski definition) is 5. The lowest BCUT2D eigenvalue weighted by molar-refractivity contribution is -0.385. The van der Waals surface area contributed by atoms with Crippen LogP contribution in [0.15, 0.2) is 23.4 Å². The molecule has 0 spiro atoms. The Kier molecular flexibility index (Phi) is 3.80. The average molecular weight is 255 g/mol. The third-order valence-electron chi connectivity index (χ3n) is 2.68. The number of pyridine rings is 1. The predicted molar refractivity (Wildman–Crippen MR) is 63.2 cm³/mol. The maximum Gasteiger partial charge on any atom is 0.287 e. The summed E-state index contributed by atoms with van der Waals surface area (Å²) in [4.78, 5) is 13.8. The van der Waals surface area contributed by atoms with Gasteiger partial charge in [0.15, 0.2) is 0 Å². The lowest BCUT2D eigenvalue weighted by Crippen LogP contribution is -2.27. The summed E-state index contributed by atoms with van der Waals surface area (Å²) < 4.78 is 11.9. The summed E-state index contributed by atoms with van der Waals surface area (Å²) in [6.45, 7) is 0.968. The molecular formula is C10H13N3O3S. The zero-order valence-corrected chi connectivity index (χ0v) is 9.98. The van der Waals surface area contributed by atoms with Crippen LogP contribution >= 0.6 is 0 Å². The Labute approximate surface area is 101 Å². The highest BCUT2D eigenvalue weighted by atomic mass is 32.2. The molecule has 0 saturated carbocycles. The van der Waals surface area contributed by atoms with E-state index in [4.69, 9.17) is 0 Å². The number of aromatic nitrogens is 1. The molecule has 1 fully saturated rings. The standard InChI is InChI=1S/C10H13N3O3S/c14-13(15)9-3-4-10(12-6-9)17(16)7-8-2-1-5-11-8/h3-4,6,8,11H,1-2,5,7H2/t8-,17+/m0/s1. The molecule has 17 heavy (non-hydrogen) atoms. The van der Waals surface area contributed by atoms with E-state index in [0.29, 0.717) is 10.8 Å². The van der Waals surface area contributed by atoms with Gasteiger partial charge in [0.25, 0.3) is 5.69 Å². The van der Waals surface area contributed by atoms with E-state index in [1.54, 1.807) is 0 Å². The maximum absolute atomic E-state index is 11.9. The van der Waals surface area contributed by atoms with E-state index < -0.39 is 15.7 Å². The van der Waals surface area contributed by atoms with Crippen molar-refractivity contribution in [2.24, 2.45) is 0 Å². The third-order valence-corrected chi connectivity index (χ3v) is 4.09. The highest BCUT2D eigenvalue weighted by Crippen LogP contribution is 2.14. The van der Waals surface area contributed by atoms with Gasteiger partial charge < -0.3 is 5.32 Å². The normalized spacial score (nSPS) is 21.3. The van der Waals surface area contributed by atoms with Crippen molar-refractivity contribution in [2.75, 3.05) is 12.3 Å². The second-order valence-corrected chi connectivity index (χ2v) is 5.36. The maximum atomic E-state index is 11.9. The SMILES string of the molecule is O=[N+]([O-])c1ccc([S@](=O)C[C@@H]2CCCN2)nc1. The van der Waals surface area contributed by atoms with E-state index in [2.05, 4.69) is 10.3 Å². The average Bonchev–Trinajstić information content (AvgIpc) is 2.82. The van der Waals surface area contributed by atoms with E-state index in [1.807, 2.05) is 0 Å². The van der Waals surface area contributed by atoms with Crippen LogP contribution in [0, 0.1) is 10.1 Å². The van der Waals surface area contributed by atoms with Crippen molar-refractivity contribution in [1.29, 1.82) is 0 Å². The molecule has 1 N–H and O–H groups in total. The Morgan fingerprint density at radius 2 is 2.41 bits per heavy atom. The first-order valence-corrected chi connectivity index (χ1v) is 6.71. The summed E-state index contributed by atoms with van der Waals surface area (Å²) in [6, 6.07) is 3.07. The molecule has 0 bridgehead atoms. The molecule has 1 aliphatic heterocycles. The summed E-state index contributed by atoms with van der Waals surface area (Å²) in [6.07, 6.45) is 3.28. The van der Waals surface area contributed by atoms with Gasteiger partial charge in [0.05, 0.1) is 15.7 Å². The minimum atomic E-state index is -1.19. The summed E-state index contributed by atoms with van der Waals surface area (Å²) in [5.74, 6) is 0.519. The van der Waals surface area contributed by atoms with Crippen molar-refractivity contribution in [1.82, 2.24) is 10.3 Å². The fourth-order valence-electron chi connectivity index (χ4n) is 1.78. The summed E-state index contributed by atoms with van der Waals surface area (Å²) in [5.41, 5.74) is -0.0789. The third kappa shape index (κ3) is 3.07. The van der Waals surface area contributed by atoms with Gasteiger partial charge in [0, 0.05) is 17.9 Å². The Balaban J connectivity index is 2.01. The van der Waals surface area contributed by atoms with Crippen LogP contribution in [-0.4, -0.2) is 32.5 Å². The molecule has 0 aliphatic carbocycles. The van der Waals surface area contributed by atoms with Crippen LogP contribution in [0.25, 0.3) is 0 Å². The molecule has 92 valence electrons. The molecule has 2 atom stereocenters. The van der Waals surface area contributed by atoms with Crippen molar-refractivity contribution in [3.63, 3.8) is 0 Å². The van der Waals surface area contributed by atoms with Crippen molar-refractivity contribution in [3.05, 3.63) is 28.4 Å². The van der Waals surface area contributed by atoms with E-state index >= 15 is 0 Å². The molecule has 1 saturated heterocycles. The van der Waals surface area contributed by atoms with Gasteiger partial charge in [0.1, 0.15) is 11.2 Å². The van der Waals surface area contributed by atoms with E-state index in [1.165, 1.54) is 12.1 Å². The van der Waals surface area contributed by atoms with Crippen LogP contribution in [0.5, 0.6) is 0 Å². The monoisotopic (exact) mass is 255 g/mol. The highest BCUT2D eigenvalue weighted by molar-refractivity contribution is 7.85. The van der Waals surface area contributed by atoms with E-state index in [-0.39, 0.29) is 11.7 Å². The van der Waals surface area contributed by atoms with Gasteiger partial charge in [0.2, 0.25) is 0 Å². The molecule has 7 heteroatoms. The van der Waals surface area contributed by atoms with Crippen molar-refractivity contribution < 1.29 is 9.13 Å². The molecule has 0 amide bonds. The van der Waals surface area contributed by atoms with Crippen LogP contribution < -0.4 is 5.32 Å². The minimum Gasteiger partial charge on any atom is -0.313 e. The Morgan fingerprint density at radius 1 is 1.59 bits per heavy atom. The Hall–Kier alpha value is -1.34. The number of hydrogen-bond donors (Lipinski definition) is 1. The van der Waals surface area contributed by atoms with Gasteiger partial charge in [-0.2, -0.15) is 0 Å². The lowest BCUT2D eigenvalue weighted by Gasteiger charge is -2.08. The molecule has 0 radical (unpaired) electrons. The first kappa shape index (κ1) is 12.1. The molecule has 2 heterocycles. The van der Waals surface area contributed by atoms with E-state index in [9.17, 15) is 14.3 Å². The molecule has 1 aromatic heterocycles. The Morgan fingerprint density at radius 3 is 2.94 bits per heavy atom. The quantitative estimate of drug-likeness (QED) is 0.636. The number of nitro groups is 1. The number of rotatable bonds is 4. The van der Waals surface area contributed by atoms with Crippen molar-refractivity contribution in [3.8, 4) is 0 Å². The van der Waals surface area contributed by atoms with Gasteiger partial charge >= 0.3 is 0 Å². The van der Waals surface area contributed by atoms with Crippen LogP contribution in [-0.2, 0) is 10.8 Å². The van der Waals surface area contributed by atoms with Crippen LogP contribution in [0.1, 0.15) is 12.8 Å². The summed E-state index contributed by atoms with van der Waals surface area (Å²) in [5, 5.41) is 14.1. The zero-order valence-electron chi connectivity index (χ0n) is 9.17. The van der Waals surface area contributed by atoms with Crippen LogP contribution in [0.4, 0.5) is 5.69 Å². The fraction of sp³-hybridized carbons (Fsp3) is 0.500. The molecule has 1 aromatic rings. The highest BCUT2D eigenvalue weighted by Gasteiger charge is 2.18. The van der Waals surface area contributed by atoms with Crippen molar-refractivity contribution in [2.45, 2.75) is 23.9 Å². The van der Waals surface area contributed by atoms with Gasteiger partial charge in [-0.3, -0.25) is 14.3 Å². The number of nitrogens with zero attached hydrogens (tertiary/aromatic N) is 2. The lowest BCUT2D eigenvalue weighted by atomic mass is 10.3. The summed E-state index contributed by atoms with van der Waals surface area (Å²) >= 11 is 0. The molecule has 2 rings (SSSR count). The summed E-state index contributed by atoms with van der Waals surface area (Å²) in [7, 11) is -1.19. The van der Waals surface area contributed by atoms with Gasteiger partial charge in [-0.25, -0.2) is 4.98 Å². The van der Waals surface area contributed by atoms with Crippen molar-refractivity contribution >= 4 is 16.5 Å². The molecular weight excluding hydrogens is 242 g/mol. The topological polar surface area (TPSA) is 85.1 Å². The minimum absolute atomic E-state index is 0.0789. The second-order valence-electron chi connectivity index (χ2n) is 3.92. The van der Waals surface area contributed by atoms with Gasteiger partial charge in [-0.05, 0) is 25.5 Å². The van der Waals surface area contributed by atoms with E-state index in [0.717, 1.165) is 25.6 Å². The fourth-order valence-corrected chi connectivity index (χ4v) is 2.99. The van der Waals surface area contributed by atoms with Crippen LogP contribution in [0.2, 0.25) is 0 Å². The molecule has 0 unspecified atom stereocenters. The predicted octanol–water partition coefficient (Wildman–Crippen LogP) is 0.849. The molecule has 1 aliphatic rings. The first-order valence-electron chi connectivity index (χ1n) is 5.39. The second kappa shape index (κ2) is 5.33. The first-order chi connectivity index (χ1) is 8.16. The van der Waals surface area contributed by atoms with Gasteiger partial charge in [-0.1, -0.05) is 0 Å². The molecule has 0 aromatic carbocycles. The zero-order chi connectivity index (χ0) is 12.3. The molecule has 6 nitrogen and oxygen atoms in total. The smallest absolute Gasteiger partial charge is 0.287 e. The largest absolute Gasteiger partial charge is 0.313 e. The van der Waals surface area contributed by atoms with Gasteiger partial charge in [-0.15, -0.1) is 0 Å². The number of nitrogens with one attached hydrogen (secondary N) is 1.